The lowest BCUT2D eigenvalue weighted by atomic mass is 9.75. The van der Waals surface area contributed by atoms with Crippen LogP contribution < -0.4 is 5.43 Å². The molecule has 0 aliphatic rings. The number of methoxy groups -OCH3 is 1. The topological polar surface area (TPSA) is 137 Å². The van der Waals surface area contributed by atoms with E-state index in [-0.39, 0.29) is 34.5 Å². The van der Waals surface area contributed by atoms with Gasteiger partial charge in [0.05, 0.1) is 13.5 Å². The number of carbonyl (C=O) groups excluding carboxylic acids is 1. The standard InChI is InChI=1S/C33H36O8/c1-32(2,3)20-13-18(14-21(27(20)36)33(4,5)6)19(15-24(35)40-7)25-28(37)30(39)29(38)26-22(34)16-23(41-31(25)26)17-11-9-8-10-12-17/h8-14,16,19,36-39H,15H2,1-7H3/t19-/m1/s1. The fourth-order valence-electron chi connectivity index (χ4n) is 5.08. The molecule has 4 rings (SSSR count). The maximum Gasteiger partial charge on any atom is 0.306 e. The lowest BCUT2D eigenvalue weighted by molar-refractivity contribution is -0.140. The van der Waals surface area contributed by atoms with E-state index >= 15 is 0 Å². The molecule has 41 heavy (non-hydrogen) atoms. The SMILES string of the molecule is COC(=O)C[C@H](c1cc(C(C)(C)C)c(O)c(C(C)(C)C)c1)c1c(O)c(O)c(O)c2c(=O)cc(-c3ccccc3)oc12. The quantitative estimate of drug-likeness (QED) is 0.159. The first-order chi connectivity index (χ1) is 19.1. The number of carbonyl (C=O) groups is 1. The fourth-order valence-corrected chi connectivity index (χ4v) is 5.08. The summed E-state index contributed by atoms with van der Waals surface area (Å²) in [6.07, 6.45) is -0.305. The van der Waals surface area contributed by atoms with Gasteiger partial charge in [-0.05, 0) is 27.5 Å². The van der Waals surface area contributed by atoms with Crippen LogP contribution in [0, 0.1) is 0 Å². The highest BCUT2D eigenvalue weighted by atomic mass is 16.5. The van der Waals surface area contributed by atoms with Crippen LogP contribution >= 0.6 is 0 Å². The maximum atomic E-state index is 13.3. The largest absolute Gasteiger partial charge is 0.507 e. The molecule has 3 aromatic carbocycles. The molecule has 0 fully saturated rings. The molecule has 0 saturated heterocycles. The van der Waals surface area contributed by atoms with Gasteiger partial charge in [0.25, 0.3) is 0 Å². The molecule has 0 unspecified atom stereocenters. The number of esters is 1. The first-order valence-corrected chi connectivity index (χ1v) is 13.3. The molecular weight excluding hydrogens is 524 g/mol. The summed E-state index contributed by atoms with van der Waals surface area (Å²) >= 11 is 0. The van der Waals surface area contributed by atoms with E-state index in [1.165, 1.54) is 13.2 Å². The Kier molecular flexibility index (Phi) is 7.56. The predicted octanol–water partition coefficient (Wildman–Crippen LogP) is 6.57. The van der Waals surface area contributed by atoms with E-state index in [2.05, 4.69) is 0 Å². The summed E-state index contributed by atoms with van der Waals surface area (Å²) in [6, 6.07) is 13.5. The third-order valence-electron chi connectivity index (χ3n) is 7.29. The minimum Gasteiger partial charge on any atom is -0.507 e. The Morgan fingerprint density at radius 2 is 1.39 bits per heavy atom. The van der Waals surface area contributed by atoms with Crippen molar-refractivity contribution in [1.82, 2.24) is 0 Å². The van der Waals surface area contributed by atoms with Crippen LogP contribution in [0.25, 0.3) is 22.3 Å². The van der Waals surface area contributed by atoms with Crippen molar-refractivity contribution in [2.45, 2.75) is 64.7 Å². The number of hydrogen-bond acceptors (Lipinski definition) is 8. The molecule has 0 bridgehead atoms. The van der Waals surface area contributed by atoms with Gasteiger partial charge in [-0.15, -0.1) is 0 Å². The Morgan fingerprint density at radius 1 is 0.829 bits per heavy atom. The summed E-state index contributed by atoms with van der Waals surface area (Å²) in [4.78, 5) is 26.1. The summed E-state index contributed by atoms with van der Waals surface area (Å²) in [5, 5.41) is 43.7. The third kappa shape index (κ3) is 5.46. The number of fused-ring (bicyclic) bond motifs is 1. The van der Waals surface area contributed by atoms with Crippen molar-refractivity contribution in [3.8, 4) is 34.3 Å². The van der Waals surface area contributed by atoms with Gasteiger partial charge < -0.3 is 29.6 Å². The number of rotatable bonds is 5. The lowest BCUT2D eigenvalue weighted by Gasteiger charge is -2.30. The molecular formula is C33H36O8. The van der Waals surface area contributed by atoms with Crippen LogP contribution in [0.4, 0.5) is 0 Å². The third-order valence-corrected chi connectivity index (χ3v) is 7.29. The number of phenols is 4. The summed E-state index contributed by atoms with van der Waals surface area (Å²) < 4.78 is 11.2. The molecule has 0 saturated carbocycles. The molecule has 0 aliphatic heterocycles. The highest BCUT2D eigenvalue weighted by Crippen LogP contribution is 2.51. The van der Waals surface area contributed by atoms with Crippen molar-refractivity contribution < 1.29 is 34.4 Å². The second-order valence-corrected chi connectivity index (χ2v) is 12.3. The van der Waals surface area contributed by atoms with Crippen LogP contribution in [0.2, 0.25) is 0 Å². The van der Waals surface area contributed by atoms with E-state index in [4.69, 9.17) is 9.15 Å². The number of benzene rings is 3. The minimum atomic E-state index is -1.01. The molecule has 0 aliphatic carbocycles. The van der Waals surface area contributed by atoms with E-state index in [9.17, 15) is 30.0 Å². The Hall–Kier alpha value is -4.46. The van der Waals surface area contributed by atoms with Crippen molar-refractivity contribution in [3.63, 3.8) is 0 Å². The zero-order valence-electron chi connectivity index (χ0n) is 24.3. The molecule has 0 radical (unpaired) electrons. The van der Waals surface area contributed by atoms with Gasteiger partial charge in [0, 0.05) is 23.1 Å². The first-order valence-electron chi connectivity index (χ1n) is 13.3. The summed E-state index contributed by atoms with van der Waals surface area (Å²) in [7, 11) is 1.23. The van der Waals surface area contributed by atoms with Gasteiger partial charge >= 0.3 is 5.97 Å². The molecule has 0 spiro atoms. The zero-order valence-corrected chi connectivity index (χ0v) is 24.3. The van der Waals surface area contributed by atoms with E-state index in [0.29, 0.717) is 22.3 Å². The molecule has 8 heteroatoms. The number of aromatic hydroxyl groups is 4. The molecule has 216 valence electrons. The van der Waals surface area contributed by atoms with Crippen LogP contribution in [0.15, 0.2) is 57.7 Å². The van der Waals surface area contributed by atoms with Crippen molar-refractivity contribution in [1.29, 1.82) is 0 Å². The van der Waals surface area contributed by atoms with Crippen LogP contribution in [0.1, 0.15) is 76.1 Å². The maximum absolute atomic E-state index is 13.3. The smallest absolute Gasteiger partial charge is 0.306 e. The van der Waals surface area contributed by atoms with Crippen LogP contribution in [-0.2, 0) is 20.4 Å². The van der Waals surface area contributed by atoms with E-state index in [1.807, 2.05) is 41.5 Å². The normalized spacial score (nSPS) is 12.9. The molecule has 8 nitrogen and oxygen atoms in total. The van der Waals surface area contributed by atoms with Crippen molar-refractivity contribution >= 4 is 16.9 Å². The summed E-state index contributed by atoms with van der Waals surface area (Å²) in [6.45, 7) is 11.7. The van der Waals surface area contributed by atoms with Crippen LogP contribution in [0.5, 0.6) is 23.0 Å². The fraction of sp³-hybridized carbons (Fsp3) is 0.333. The molecule has 1 aromatic heterocycles. The van der Waals surface area contributed by atoms with Gasteiger partial charge in [0.15, 0.2) is 16.9 Å². The van der Waals surface area contributed by atoms with Gasteiger partial charge in [-0.1, -0.05) is 84.0 Å². The highest BCUT2D eigenvalue weighted by molar-refractivity contribution is 5.93. The average molecular weight is 561 g/mol. The number of phenolic OH excluding ortho intramolecular Hbond substituents is 4. The van der Waals surface area contributed by atoms with Crippen molar-refractivity contribution in [2.75, 3.05) is 7.11 Å². The predicted molar refractivity (Wildman–Crippen MR) is 157 cm³/mol. The molecule has 4 N–H and O–H groups in total. The van der Waals surface area contributed by atoms with Crippen LogP contribution in [-0.4, -0.2) is 33.5 Å². The Balaban J connectivity index is 2.17. The van der Waals surface area contributed by atoms with E-state index in [0.717, 1.165) is 0 Å². The highest BCUT2D eigenvalue weighted by Gasteiger charge is 2.34. The van der Waals surface area contributed by atoms with Gasteiger partial charge in [-0.2, -0.15) is 0 Å². The monoisotopic (exact) mass is 560 g/mol. The van der Waals surface area contributed by atoms with Gasteiger partial charge in [-0.3, -0.25) is 9.59 Å². The molecule has 1 atom stereocenters. The number of hydrogen-bond donors (Lipinski definition) is 4. The lowest BCUT2D eigenvalue weighted by Crippen LogP contribution is -2.20. The van der Waals surface area contributed by atoms with Gasteiger partial charge in [0.1, 0.15) is 22.5 Å². The Bertz CT molecular complexity index is 1650. The van der Waals surface area contributed by atoms with E-state index < -0.39 is 45.4 Å². The first kappa shape index (κ1) is 29.5. The van der Waals surface area contributed by atoms with Gasteiger partial charge in [-0.25, -0.2) is 0 Å². The summed E-state index contributed by atoms with van der Waals surface area (Å²) in [5.41, 5.74) is 0.380. The molecule has 4 aromatic rings. The Morgan fingerprint density at radius 3 is 1.90 bits per heavy atom. The summed E-state index contributed by atoms with van der Waals surface area (Å²) in [5.74, 6) is -3.82. The molecule has 0 amide bonds. The second-order valence-electron chi connectivity index (χ2n) is 12.3. The van der Waals surface area contributed by atoms with Crippen molar-refractivity contribution in [3.05, 3.63) is 81.0 Å². The molecule has 1 heterocycles. The zero-order chi connectivity index (χ0) is 30.4. The van der Waals surface area contributed by atoms with Crippen molar-refractivity contribution in [2.24, 2.45) is 0 Å². The average Bonchev–Trinajstić information content (AvgIpc) is 2.90. The van der Waals surface area contributed by atoms with E-state index in [1.54, 1.807) is 42.5 Å². The van der Waals surface area contributed by atoms with Gasteiger partial charge in [0.2, 0.25) is 5.75 Å². The Labute approximate surface area is 238 Å². The van der Waals surface area contributed by atoms with Crippen LogP contribution in [0.3, 0.4) is 0 Å². The minimum absolute atomic E-state index is 0.0685. The second kappa shape index (κ2) is 10.5. The number of ether oxygens (including phenoxy) is 1.